The number of anilines is 1. The molecule has 0 fully saturated rings. The summed E-state index contributed by atoms with van der Waals surface area (Å²) >= 11 is 5.65. The van der Waals surface area contributed by atoms with E-state index in [0.29, 0.717) is 25.9 Å². The van der Waals surface area contributed by atoms with Crippen LogP contribution in [0.5, 0.6) is 0 Å². The highest BCUT2D eigenvalue weighted by Gasteiger charge is 2.28. The Kier molecular flexibility index (Phi) is 5.58. The van der Waals surface area contributed by atoms with E-state index in [9.17, 15) is 12.8 Å². The van der Waals surface area contributed by atoms with E-state index in [-0.39, 0.29) is 10.7 Å². The fraction of sp³-hybridized carbons (Fsp3) is 0.500. The zero-order valence-corrected chi connectivity index (χ0v) is 12.6. The maximum atomic E-state index is 13.9. The van der Waals surface area contributed by atoms with Crippen molar-refractivity contribution in [1.82, 2.24) is 4.31 Å². The Labute approximate surface area is 118 Å². The Morgan fingerprint density at radius 3 is 2.26 bits per heavy atom. The van der Waals surface area contributed by atoms with Crippen LogP contribution in [-0.4, -0.2) is 25.8 Å². The summed E-state index contributed by atoms with van der Waals surface area (Å²) in [7, 11) is -3.91. The third-order valence-corrected chi connectivity index (χ3v) is 4.75. The molecule has 0 aromatic heterocycles. The van der Waals surface area contributed by atoms with Gasteiger partial charge in [0.05, 0.1) is 5.02 Å². The van der Waals surface area contributed by atoms with Crippen LogP contribution in [-0.2, 0) is 10.0 Å². The zero-order chi connectivity index (χ0) is 14.6. The Hall–Kier alpha value is -0.850. The van der Waals surface area contributed by atoms with Crippen molar-refractivity contribution in [3.63, 3.8) is 0 Å². The number of hydrogen-bond donors (Lipinski definition) is 1. The van der Waals surface area contributed by atoms with Crippen molar-refractivity contribution in [1.29, 1.82) is 0 Å². The molecule has 0 heterocycles. The summed E-state index contributed by atoms with van der Waals surface area (Å²) < 4.78 is 40.0. The van der Waals surface area contributed by atoms with Gasteiger partial charge in [0.25, 0.3) is 0 Å². The number of hydrogen-bond acceptors (Lipinski definition) is 3. The number of benzene rings is 1. The molecule has 0 aliphatic heterocycles. The topological polar surface area (TPSA) is 63.4 Å². The maximum absolute atomic E-state index is 13.9. The van der Waals surface area contributed by atoms with Gasteiger partial charge in [-0.15, -0.1) is 0 Å². The van der Waals surface area contributed by atoms with Gasteiger partial charge >= 0.3 is 0 Å². The van der Waals surface area contributed by atoms with Crippen molar-refractivity contribution >= 4 is 27.3 Å². The van der Waals surface area contributed by atoms with Crippen molar-refractivity contribution in [3.8, 4) is 0 Å². The largest absolute Gasteiger partial charge is 0.399 e. The molecule has 0 bridgehead atoms. The van der Waals surface area contributed by atoms with Crippen molar-refractivity contribution in [2.24, 2.45) is 0 Å². The molecule has 7 heteroatoms. The second kappa shape index (κ2) is 6.54. The van der Waals surface area contributed by atoms with Gasteiger partial charge in [0.15, 0.2) is 5.82 Å². The molecular weight excluding hydrogens is 291 g/mol. The van der Waals surface area contributed by atoms with Crippen molar-refractivity contribution in [2.75, 3.05) is 18.8 Å². The molecule has 0 saturated heterocycles. The lowest BCUT2D eigenvalue weighted by molar-refractivity contribution is 0.406. The quantitative estimate of drug-likeness (QED) is 0.822. The minimum atomic E-state index is -3.91. The van der Waals surface area contributed by atoms with Crippen LogP contribution >= 0.6 is 11.6 Å². The van der Waals surface area contributed by atoms with Gasteiger partial charge in [0.1, 0.15) is 4.90 Å². The molecule has 1 rings (SSSR count). The number of nitrogens with two attached hydrogens (primary N) is 1. The molecule has 0 spiro atoms. The van der Waals surface area contributed by atoms with E-state index in [0.717, 1.165) is 6.07 Å². The first-order valence-electron chi connectivity index (χ1n) is 6.09. The highest BCUT2D eigenvalue weighted by Crippen LogP contribution is 2.28. The highest BCUT2D eigenvalue weighted by molar-refractivity contribution is 7.89. The first kappa shape index (κ1) is 16.2. The van der Waals surface area contributed by atoms with Crippen molar-refractivity contribution < 1.29 is 12.8 Å². The Balaban J connectivity index is 3.32. The smallest absolute Gasteiger partial charge is 0.246 e. The third-order valence-electron chi connectivity index (χ3n) is 2.58. The van der Waals surface area contributed by atoms with E-state index < -0.39 is 20.7 Å². The predicted molar refractivity (Wildman–Crippen MR) is 75.2 cm³/mol. The molecule has 0 aliphatic carbocycles. The van der Waals surface area contributed by atoms with E-state index >= 15 is 0 Å². The van der Waals surface area contributed by atoms with Gasteiger partial charge in [-0.05, 0) is 25.0 Å². The van der Waals surface area contributed by atoms with Crippen molar-refractivity contribution in [3.05, 3.63) is 23.0 Å². The number of nitrogen functional groups attached to an aromatic ring is 1. The second-order valence-corrected chi connectivity index (χ2v) is 6.53. The summed E-state index contributed by atoms with van der Waals surface area (Å²) in [5.41, 5.74) is 5.66. The highest BCUT2D eigenvalue weighted by atomic mass is 35.5. The molecule has 2 N–H and O–H groups in total. The average Bonchev–Trinajstić information content (AvgIpc) is 2.33. The molecule has 4 nitrogen and oxygen atoms in total. The fourth-order valence-electron chi connectivity index (χ4n) is 1.76. The van der Waals surface area contributed by atoms with Crippen LogP contribution in [0.2, 0.25) is 5.02 Å². The Morgan fingerprint density at radius 2 is 1.79 bits per heavy atom. The first-order chi connectivity index (χ1) is 8.84. The average molecular weight is 309 g/mol. The lowest BCUT2D eigenvalue weighted by Gasteiger charge is -2.21. The minimum Gasteiger partial charge on any atom is -0.399 e. The normalized spacial score (nSPS) is 12.1. The van der Waals surface area contributed by atoms with E-state index in [1.807, 2.05) is 13.8 Å². The van der Waals surface area contributed by atoms with Gasteiger partial charge in [-0.2, -0.15) is 4.31 Å². The van der Waals surface area contributed by atoms with E-state index in [1.54, 1.807) is 0 Å². The van der Waals surface area contributed by atoms with Crippen LogP contribution in [0.15, 0.2) is 17.0 Å². The Morgan fingerprint density at radius 1 is 1.26 bits per heavy atom. The molecule has 0 amide bonds. The SMILES string of the molecule is CCCN(CCC)S(=O)(=O)c1cc(N)cc(Cl)c1F. The van der Waals surface area contributed by atoms with Crippen LogP contribution in [0.1, 0.15) is 26.7 Å². The molecule has 0 saturated carbocycles. The maximum Gasteiger partial charge on any atom is 0.246 e. The van der Waals surface area contributed by atoms with Crippen LogP contribution in [0.25, 0.3) is 0 Å². The molecular formula is C12H18ClFN2O2S. The standard InChI is InChI=1S/C12H18ClFN2O2S/c1-3-5-16(6-4-2)19(17,18)11-8-9(15)7-10(13)12(11)14/h7-8H,3-6,15H2,1-2H3. The van der Waals surface area contributed by atoms with E-state index in [2.05, 4.69) is 0 Å². The number of sulfonamides is 1. The molecule has 0 aliphatic rings. The molecule has 0 radical (unpaired) electrons. The fourth-order valence-corrected chi connectivity index (χ4v) is 3.79. The van der Waals surface area contributed by atoms with E-state index in [4.69, 9.17) is 17.3 Å². The van der Waals surface area contributed by atoms with Gasteiger partial charge < -0.3 is 5.73 Å². The third kappa shape index (κ3) is 3.58. The predicted octanol–water partition coefficient (Wildman–Crippen LogP) is 2.87. The van der Waals surface area contributed by atoms with Crippen molar-refractivity contribution in [2.45, 2.75) is 31.6 Å². The summed E-state index contributed by atoms with van der Waals surface area (Å²) in [6, 6.07) is 2.30. The minimum absolute atomic E-state index is 0.123. The van der Waals surface area contributed by atoms with Crippen LogP contribution in [0, 0.1) is 5.82 Å². The molecule has 0 atom stereocenters. The van der Waals surface area contributed by atoms with E-state index in [1.165, 1.54) is 10.4 Å². The number of halogens is 2. The monoisotopic (exact) mass is 308 g/mol. The van der Waals surface area contributed by atoms with Gasteiger partial charge in [0.2, 0.25) is 10.0 Å². The second-order valence-electron chi connectivity index (χ2n) is 4.22. The summed E-state index contributed by atoms with van der Waals surface area (Å²) in [6.07, 6.45) is 1.30. The van der Waals surface area contributed by atoms with Gasteiger partial charge in [-0.3, -0.25) is 0 Å². The Bertz CT molecular complexity index is 543. The first-order valence-corrected chi connectivity index (χ1v) is 7.91. The van der Waals surface area contributed by atoms with Gasteiger partial charge in [-0.1, -0.05) is 25.4 Å². The lowest BCUT2D eigenvalue weighted by atomic mass is 10.3. The van der Waals surface area contributed by atoms with Gasteiger partial charge in [0, 0.05) is 18.8 Å². The molecule has 1 aromatic rings. The van der Waals surface area contributed by atoms with Gasteiger partial charge in [-0.25, -0.2) is 12.8 Å². The van der Waals surface area contributed by atoms with Crippen LogP contribution in [0.3, 0.4) is 0 Å². The van der Waals surface area contributed by atoms with Crippen LogP contribution in [0.4, 0.5) is 10.1 Å². The summed E-state index contributed by atoms with van der Waals surface area (Å²) in [5, 5.41) is -0.286. The van der Waals surface area contributed by atoms with Crippen LogP contribution < -0.4 is 5.73 Å². The number of nitrogens with zero attached hydrogens (tertiary/aromatic N) is 1. The molecule has 1 aromatic carbocycles. The molecule has 19 heavy (non-hydrogen) atoms. The number of rotatable bonds is 6. The summed E-state index contributed by atoms with van der Waals surface area (Å²) in [5.74, 6) is -0.951. The zero-order valence-electron chi connectivity index (χ0n) is 11.0. The summed E-state index contributed by atoms with van der Waals surface area (Å²) in [4.78, 5) is -0.459. The summed E-state index contributed by atoms with van der Waals surface area (Å²) in [6.45, 7) is 4.39. The lowest BCUT2D eigenvalue weighted by Crippen LogP contribution is -2.33. The molecule has 0 unspecified atom stereocenters. The molecule has 108 valence electrons.